The van der Waals surface area contributed by atoms with Crippen LogP contribution < -0.4 is 10.2 Å². The summed E-state index contributed by atoms with van der Waals surface area (Å²) in [6, 6.07) is 12.8. The summed E-state index contributed by atoms with van der Waals surface area (Å²) >= 11 is 0. The minimum Gasteiger partial charge on any atom is -0.358 e. The summed E-state index contributed by atoms with van der Waals surface area (Å²) in [6.07, 6.45) is 4.39. The maximum absolute atomic E-state index is 12.9. The van der Waals surface area contributed by atoms with Crippen molar-refractivity contribution in [3.63, 3.8) is 0 Å². The van der Waals surface area contributed by atoms with E-state index in [0.717, 1.165) is 13.0 Å². The van der Waals surface area contributed by atoms with Crippen molar-refractivity contribution in [2.75, 3.05) is 23.8 Å². The highest BCUT2D eigenvalue weighted by Gasteiger charge is 2.10. The monoisotopic (exact) mass is 351 g/mol. The van der Waals surface area contributed by atoms with E-state index in [9.17, 15) is 9.18 Å². The number of nitrogens with one attached hydrogen (secondary N) is 1. The Morgan fingerprint density at radius 2 is 1.77 bits per heavy atom. The fourth-order valence-electron chi connectivity index (χ4n) is 2.34. The molecule has 0 spiro atoms. The Bertz CT molecular complexity index is 853. The van der Waals surface area contributed by atoms with Gasteiger partial charge in [0.25, 0.3) is 5.91 Å². The third-order valence-electron chi connectivity index (χ3n) is 3.86. The number of amides is 1. The molecule has 6 nitrogen and oxygen atoms in total. The Labute approximate surface area is 150 Å². The number of hydrogen-bond donors (Lipinski definition) is 1. The van der Waals surface area contributed by atoms with E-state index in [4.69, 9.17) is 0 Å². The van der Waals surface area contributed by atoms with Crippen molar-refractivity contribution in [1.82, 2.24) is 15.2 Å². The average Bonchev–Trinajstić information content (AvgIpc) is 2.69. The van der Waals surface area contributed by atoms with Gasteiger partial charge in [-0.2, -0.15) is 0 Å². The molecule has 0 saturated carbocycles. The highest BCUT2D eigenvalue weighted by atomic mass is 19.1. The molecule has 2 aromatic heterocycles. The quantitative estimate of drug-likeness (QED) is 0.739. The number of pyridine rings is 1. The first-order valence-corrected chi connectivity index (χ1v) is 8.12. The topological polar surface area (TPSA) is 71.0 Å². The zero-order valence-corrected chi connectivity index (χ0v) is 14.3. The van der Waals surface area contributed by atoms with Gasteiger partial charge in [0.05, 0.1) is 0 Å². The Balaban J connectivity index is 1.58. The molecule has 1 aromatic carbocycles. The normalized spacial score (nSPS) is 10.4. The molecule has 7 heteroatoms. The van der Waals surface area contributed by atoms with E-state index >= 15 is 0 Å². The maximum atomic E-state index is 12.9. The Hall–Kier alpha value is -3.35. The summed E-state index contributed by atoms with van der Waals surface area (Å²) in [7, 11) is 1.92. The second kappa shape index (κ2) is 8.15. The van der Waals surface area contributed by atoms with Crippen LogP contribution in [-0.2, 0) is 6.42 Å². The molecule has 2 heterocycles. The zero-order chi connectivity index (χ0) is 18.4. The molecule has 0 bridgehead atoms. The average molecular weight is 351 g/mol. The van der Waals surface area contributed by atoms with Crippen LogP contribution in [0.2, 0.25) is 0 Å². The van der Waals surface area contributed by atoms with Gasteiger partial charge in [0.15, 0.2) is 11.5 Å². The van der Waals surface area contributed by atoms with Crippen LogP contribution in [0.1, 0.15) is 16.1 Å². The van der Waals surface area contributed by atoms with Crippen LogP contribution in [0.3, 0.4) is 0 Å². The van der Waals surface area contributed by atoms with Crippen molar-refractivity contribution >= 4 is 17.4 Å². The SMILES string of the molecule is CN(CCc1ccncc1)c1ccc(C(=O)Nc2ccc(F)cc2)nn1. The molecule has 0 aliphatic heterocycles. The molecule has 0 radical (unpaired) electrons. The fraction of sp³-hybridized carbons (Fsp3) is 0.158. The second-order valence-electron chi connectivity index (χ2n) is 5.76. The third-order valence-corrected chi connectivity index (χ3v) is 3.86. The zero-order valence-electron chi connectivity index (χ0n) is 14.3. The minimum atomic E-state index is -0.393. The van der Waals surface area contributed by atoms with Crippen molar-refractivity contribution in [3.8, 4) is 0 Å². The van der Waals surface area contributed by atoms with Crippen molar-refractivity contribution in [2.45, 2.75) is 6.42 Å². The molecule has 1 N–H and O–H groups in total. The standard InChI is InChI=1S/C19H18FN5O/c1-25(13-10-14-8-11-21-12-9-14)18-7-6-17(23-24-18)19(26)22-16-4-2-15(20)3-5-16/h2-9,11-12H,10,13H2,1H3,(H,22,26). The van der Waals surface area contributed by atoms with Crippen LogP contribution in [-0.4, -0.2) is 34.7 Å². The van der Waals surface area contributed by atoms with E-state index < -0.39 is 5.91 Å². The van der Waals surface area contributed by atoms with Crippen LogP contribution in [0, 0.1) is 5.82 Å². The Morgan fingerprint density at radius 1 is 1.04 bits per heavy atom. The van der Waals surface area contributed by atoms with Gasteiger partial charge in [-0.05, 0) is 60.5 Å². The number of aromatic nitrogens is 3. The summed E-state index contributed by atoms with van der Waals surface area (Å²) in [6.45, 7) is 0.764. The van der Waals surface area contributed by atoms with Gasteiger partial charge in [0.2, 0.25) is 0 Å². The molecule has 132 valence electrons. The third kappa shape index (κ3) is 4.60. The predicted molar refractivity (Wildman–Crippen MR) is 97.6 cm³/mol. The number of anilines is 2. The molecule has 0 atom stereocenters. The van der Waals surface area contributed by atoms with E-state index in [1.165, 1.54) is 29.8 Å². The molecule has 0 aliphatic rings. The van der Waals surface area contributed by atoms with Gasteiger partial charge in [0, 0.05) is 31.7 Å². The van der Waals surface area contributed by atoms with E-state index in [1.54, 1.807) is 24.5 Å². The van der Waals surface area contributed by atoms with Crippen LogP contribution in [0.5, 0.6) is 0 Å². The highest BCUT2D eigenvalue weighted by Crippen LogP contribution is 2.12. The van der Waals surface area contributed by atoms with E-state index in [-0.39, 0.29) is 11.5 Å². The van der Waals surface area contributed by atoms with Crippen LogP contribution >= 0.6 is 0 Å². The van der Waals surface area contributed by atoms with Crippen LogP contribution in [0.25, 0.3) is 0 Å². The first kappa shape index (κ1) is 17.5. The number of likely N-dealkylation sites (N-methyl/N-ethyl adjacent to an activating group) is 1. The first-order chi connectivity index (χ1) is 12.6. The second-order valence-corrected chi connectivity index (χ2v) is 5.76. The molecule has 1 amide bonds. The van der Waals surface area contributed by atoms with Gasteiger partial charge < -0.3 is 10.2 Å². The highest BCUT2D eigenvalue weighted by molar-refractivity contribution is 6.02. The summed E-state index contributed by atoms with van der Waals surface area (Å²) in [5, 5.41) is 10.7. The summed E-state index contributed by atoms with van der Waals surface area (Å²) < 4.78 is 12.9. The summed E-state index contributed by atoms with van der Waals surface area (Å²) in [4.78, 5) is 18.1. The number of hydrogen-bond acceptors (Lipinski definition) is 5. The van der Waals surface area contributed by atoms with Gasteiger partial charge in [-0.3, -0.25) is 9.78 Å². The minimum absolute atomic E-state index is 0.195. The summed E-state index contributed by atoms with van der Waals surface area (Å²) in [5.41, 5.74) is 1.88. The molecule has 0 aliphatic carbocycles. The molecule has 0 saturated heterocycles. The molecule has 3 rings (SSSR count). The van der Waals surface area contributed by atoms with Crippen molar-refractivity contribution in [3.05, 3.63) is 78.0 Å². The number of carbonyl (C=O) groups is 1. The first-order valence-electron chi connectivity index (χ1n) is 8.12. The van der Waals surface area contributed by atoms with E-state index in [1.807, 2.05) is 24.1 Å². The largest absolute Gasteiger partial charge is 0.358 e. The van der Waals surface area contributed by atoms with Crippen molar-refractivity contribution in [1.29, 1.82) is 0 Å². The summed E-state index contributed by atoms with van der Waals surface area (Å²) in [5.74, 6) is -0.0746. The fourth-order valence-corrected chi connectivity index (χ4v) is 2.34. The Morgan fingerprint density at radius 3 is 2.42 bits per heavy atom. The molecule has 0 fully saturated rings. The maximum Gasteiger partial charge on any atom is 0.276 e. The lowest BCUT2D eigenvalue weighted by Gasteiger charge is -2.17. The lowest BCUT2D eigenvalue weighted by Crippen LogP contribution is -2.22. The van der Waals surface area contributed by atoms with Gasteiger partial charge >= 0.3 is 0 Å². The molecule has 26 heavy (non-hydrogen) atoms. The van der Waals surface area contributed by atoms with Crippen LogP contribution in [0.15, 0.2) is 60.9 Å². The number of carbonyl (C=O) groups excluding carboxylic acids is 1. The van der Waals surface area contributed by atoms with Gasteiger partial charge in [0.1, 0.15) is 5.82 Å². The van der Waals surface area contributed by atoms with Gasteiger partial charge in [-0.25, -0.2) is 4.39 Å². The number of halogens is 1. The molecular weight excluding hydrogens is 333 g/mol. The van der Waals surface area contributed by atoms with Crippen LogP contribution in [0.4, 0.5) is 15.9 Å². The number of benzene rings is 1. The number of nitrogens with zero attached hydrogens (tertiary/aromatic N) is 4. The van der Waals surface area contributed by atoms with E-state index in [2.05, 4.69) is 20.5 Å². The molecule has 3 aromatic rings. The lowest BCUT2D eigenvalue weighted by molar-refractivity contribution is 0.102. The lowest BCUT2D eigenvalue weighted by atomic mass is 10.2. The van der Waals surface area contributed by atoms with Crippen molar-refractivity contribution in [2.24, 2.45) is 0 Å². The predicted octanol–water partition coefficient (Wildman–Crippen LogP) is 2.94. The smallest absolute Gasteiger partial charge is 0.276 e. The molecular formula is C19H18FN5O. The van der Waals surface area contributed by atoms with Gasteiger partial charge in [-0.15, -0.1) is 10.2 Å². The number of rotatable bonds is 6. The van der Waals surface area contributed by atoms with Crippen molar-refractivity contribution < 1.29 is 9.18 Å². The Kier molecular flexibility index (Phi) is 5.48. The van der Waals surface area contributed by atoms with E-state index in [0.29, 0.717) is 11.5 Å². The van der Waals surface area contributed by atoms with Gasteiger partial charge in [-0.1, -0.05) is 0 Å². The molecule has 0 unspecified atom stereocenters.